The predicted octanol–water partition coefficient (Wildman–Crippen LogP) is -0.770. The van der Waals surface area contributed by atoms with E-state index < -0.39 is 5.54 Å². The highest BCUT2D eigenvalue weighted by molar-refractivity contribution is 4.85. The Labute approximate surface area is 67.5 Å². The van der Waals surface area contributed by atoms with E-state index in [2.05, 4.69) is 5.32 Å². The maximum absolute atomic E-state index is 9.02. The van der Waals surface area contributed by atoms with Crippen molar-refractivity contribution in [2.75, 3.05) is 41.1 Å². The highest BCUT2D eigenvalue weighted by Gasteiger charge is 2.26. The van der Waals surface area contributed by atoms with Crippen LogP contribution in [0.5, 0.6) is 0 Å². The van der Waals surface area contributed by atoms with E-state index in [4.69, 9.17) is 14.6 Å². The number of aliphatic hydroxyl groups excluding tert-OH is 1. The zero-order chi connectivity index (χ0) is 8.74. The first-order valence-corrected chi connectivity index (χ1v) is 3.52. The van der Waals surface area contributed by atoms with E-state index in [0.717, 1.165) is 0 Å². The van der Waals surface area contributed by atoms with E-state index in [1.807, 2.05) is 0 Å². The van der Waals surface area contributed by atoms with Crippen LogP contribution in [0.4, 0.5) is 0 Å². The molecule has 0 amide bonds. The van der Waals surface area contributed by atoms with Crippen molar-refractivity contribution in [3.05, 3.63) is 0 Å². The van der Waals surface area contributed by atoms with Crippen LogP contribution < -0.4 is 5.32 Å². The SMILES string of the molecule is CNC(CO)(COC)COC. The summed E-state index contributed by atoms with van der Waals surface area (Å²) >= 11 is 0. The van der Waals surface area contributed by atoms with Crippen molar-refractivity contribution in [1.29, 1.82) is 0 Å². The molecule has 0 fully saturated rings. The van der Waals surface area contributed by atoms with E-state index >= 15 is 0 Å². The molecule has 0 saturated heterocycles. The van der Waals surface area contributed by atoms with Gasteiger partial charge in [0.05, 0.1) is 25.4 Å². The first kappa shape index (κ1) is 10.8. The van der Waals surface area contributed by atoms with Crippen molar-refractivity contribution in [3.8, 4) is 0 Å². The predicted molar refractivity (Wildman–Crippen MR) is 42.6 cm³/mol. The molecule has 11 heavy (non-hydrogen) atoms. The maximum Gasteiger partial charge on any atom is 0.0884 e. The van der Waals surface area contributed by atoms with Crippen LogP contribution in [0, 0.1) is 0 Å². The Bertz CT molecular complexity index is 85.7. The topological polar surface area (TPSA) is 50.7 Å². The fraction of sp³-hybridized carbons (Fsp3) is 1.00. The molecule has 2 N–H and O–H groups in total. The van der Waals surface area contributed by atoms with Crippen LogP contribution in [-0.2, 0) is 9.47 Å². The van der Waals surface area contributed by atoms with Crippen LogP contribution >= 0.6 is 0 Å². The molecule has 0 spiro atoms. The van der Waals surface area contributed by atoms with Crippen molar-refractivity contribution in [2.24, 2.45) is 0 Å². The molecule has 0 atom stereocenters. The van der Waals surface area contributed by atoms with Gasteiger partial charge >= 0.3 is 0 Å². The number of aliphatic hydroxyl groups is 1. The Morgan fingerprint density at radius 1 is 1.27 bits per heavy atom. The fourth-order valence-electron chi connectivity index (χ4n) is 0.909. The van der Waals surface area contributed by atoms with Gasteiger partial charge in [-0.25, -0.2) is 0 Å². The van der Waals surface area contributed by atoms with Crippen LogP contribution in [0.3, 0.4) is 0 Å². The summed E-state index contributed by atoms with van der Waals surface area (Å²) < 4.78 is 9.88. The summed E-state index contributed by atoms with van der Waals surface area (Å²) in [4.78, 5) is 0. The number of likely N-dealkylation sites (N-methyl/N-ethyl adjacent to an activating group) is 1. The standard InChI is InChI=1S/C7H17NO3/c1-8-7(4-9,5-10-2)6-11-3/h8-9H,4-6H2,1-3H3. The van der Waals surface area contributed by atoms with Crippen molar-refractivity contribution in [2.45, 2.75) is 5.54 Å². The van der Waals surface area contributed by atoms with Crippen LogP contribution in [0.1, 0.15) is 0 Å². The second-order valence-corrected chi connectivity index (χ2v) is 2.55. The number of hydrogen-bond donors (Lipinski definition) is 2. The van der Waals surface area contributed by atoms with Crippen LogP contribution in [0.25, 0.3) is 0 Å². The molecule has 0 heterocycles. The molecule has 0 radical (unpaired) electrons. The highest BCUT2D eigenvalue weighted by atomic mass is 16.5. The summed E-state index contributed by atoms with van der Waals surface area (Å²) in [5, 5.41) is 12.0. The van der Waals surface area contributed by atoms with E-state index in [-0.39, 0.29) is 6.61 Å². The lowest BCUT2D eigenvalue weighted by Gasteiger charge is -2.29. The van der Waals surface area contributed by atoms with E-state index in [1.54, 1.807) is 21.3 Å². The zero-order valence-electron chi connectivity index (χ0n) is 7.39. The summed E-state index contributed by atoms with van der Waals surface area (Å²) in [6, 6.07) is 0. The Hall–Kier alpha value is -0.160. The Morgan fingerprint density at radius 3 is 1.91 bits per heavy atom. The number of methoxy groups -OCH3 is 2. The van der Waals surface area contributed by atoms with E-state index in [1.165, 1.54) is 0 Å². The fourth-order valence-corrected chi connectivity index (χ4v) is 0.909. The third-order valence-electron chi connectivity index (χ3n) is 1.67. The van der Waals surface area contributed by atoms with Gasteiger partial charge in [0.2, 0.25) is 0 Å². The Kier molecular flexibility index (Phi) is 5.41. The lowest BCUT2D eigenvalue weighted by molar-refractivity contribution is 0.0121. The molecule has 68 valence electrons. The molecule has 0 unspecified atom stereocenters. The molecule has 0 bridgehead atoms. The average molecular weight is 163 g/mol. The smallest absolute Gasteiger partial charge is 0.0884 e. The van der Waals surface area contributed by atoms with Crippen molar-refractivity contribution in [1.82, 2.24) is 5.32 Å². The van der Waals surface area contributed by atoms with Gasteiger partial charge in [0.15, 0.2) is 0 Å². The lowest BCUT2D eigenvalue weighted by atomic mass is 10.0. The number of nitrogens with one attached hydrogen (secondary N) is 1. The van der Waals surface area contributed by atoms with Crippen LogP contribution in [0.2, 0.25) is 0 Å². The van der Waals surface area contributed by atoms with Gasteiger partial charge in [0, 0.05) is 14.2 Å². The largest absolute Gasteiger partial charge is 0.394 e. The monoisotopic (exact) mass is 163 g/mol. The summed E-state index contributed by atoms with van der Waals surface area (Å²) in [5.41, 5.74) is -0.455. The van der Waals surface area contributed by atoms with Crippen molar-refractivity contribution in [3.63, 3.8) is 0 Å². The number of rotatable bonds is 6. The summed E-state index contributed by atoms with van der Waals surface area (Å²) in [5.74, 6) is 0. The second-order valence-electron chi connectivity index (χ2n) is 2.55. The molecular formula is C7H17NO3. The van der Waals surface area contributed by atoms with Gasteiger partial charge in [0.25, 0.3) is 0 Å². The second kappa shape index (κ2) is 5.49. The van der Waals surface area contributed by atoms with Gasteiger partial charge in [-0.2, -0.15) is 0 Å². The van der Waals surface area contributed by atoms with E-state index in [9.17, 15) is 0 Å². The van der Waals surface area contributed by atoms with Gasteiger partial charge in [-0.3, -0.25) is 0 Å². The molecule has 0 saturated carbocycles. The van der Waals surface area contributed by atoms with Crippen molar-refractivity contribution >= 4 is 0 Å². The van der Waals surface area contributed by atoms with Crippen molar-refractivity contribution < 1.29 is 14.6 Å². The van der Waals surface area contributed by atoms with Gasteiger partial charge in [0.1, 0.15) is 0 Å². The zero-order valence-corrected chi connectivity index (χ0v) is 7.39. The normalized spacial score (nSPS) is 12.0. The maximum atomic E-state index is 9.02. The van der Waals surface area contributed by atoms with Gasteiger partial charge in [-0.1, -0.05) is 0 Å². The molecule has 0 aromatic rings. The first-order valence-electron chi connectivity index (χ1n) is 3.52. The Balaban J connectivity index is 3.96. The third kappa shape index (κ3) is 3.16. The Morgan fingerprint density at radius 2 is 1.73 bits per heavy atom. The highest BCUT2D eigenvalue weighted by Crippen LogP contribution is 2.03. The summed E-state index contributed by atoms with van der Waals surface area (Å²) in [6.45, 7) is 0.882. The first-order chi connectivity index (χ1) is 5.24. The van der Waals surface area contributed by atoms with Crippen LogP contribution in [-0.4, -0.2) is 51.7 Å². The lowest BCUT2D eigenvalue weighted by Crippen LogP contribution is -2.53. The molecule has 4 nitrogen and oxygen atoms in total. The quantitative estimate of drug-likeness (QED) is 0.540. The summed E-state index contributed by atoms with van der Waals surface area (Å²) in [6.07, 6.45) is 0. The van der Waals surface area contributed by atoms with Gasteiger partial charge in [-0.05, 0) is 7.05 Å². The number of hydrogen-bond acceptors (Lipinski definition) is 4. The minimum absolute atomic E-state index is 0.00514. The molecule has 4 heteroatoms. The molecule has 0 aliphatic rings. The summed E-state index contributed by atoms with van der Waals surface area (Å²) in [7, 11) is 4.96. The molecule has 0 aliphatic heterocycles. The third-order valence-corrected chi connectivity index (χ3v) is 1.67. The van der Waals surface area contributed by atoms with Gasteiger partial charge in [-0.15, -0.1) is 0 Å². The molecular weight excluding hydrogens is 146 g/mol. The molecule has 0 aromatic carbocycles. The molecule has 0 aliphatic carbocycles. The molecule has 0 aromatic heterocycles. The average Bonchev–Trinajstić information content (AvgIpc) is 2.04. The van der Waals surface area contributed by atoms with Gasteiger partial charge < -0.3 is 19.9 Å². The van der Waals surface area contributed by atoms with E-state index in [0.29, 0.717) is 13.2 Å². The minimum Gasteiger partial charge on any atom is -0.394 e. The minimum atomic E-state index is -0.455. The van der Waals surface area contributed by atoms with Crippen LogP contribution in [0.15, 0.2) is 0 Å². The number of ether oxygens (including phenoxy) is 2. The molecule has 0 rings (SSSR count).